The van der Waals surface area contributed by atoms with E-state index in [1.807, 2.05) is 18.2 Å². The molecular weight excluding hydrogens is 214 g/mol. The molecule has 0 aromatic heterocycles. The third-order valence-corrected chi connectivity index (χ3v) is 9.38. The summed E-state index contributed by atoms with van der Waals surface area (Å²) < 4.78 is 0. The van der Waals surface area contributed by atoms with E-state index in [-0.39, 0.29) is 5.04 Å². The van der Waals surface area contributed by atoms with Gasteiger partial charge in [0.2, 0.25) is 0 Å². The average Bonchev–Trinajstić information content (AvgIpc) is 2.16. The van der Waals surface area contributed by atoms with Crippen molar-refractivity contribution in [3.8, 4) is 0 Å². The van der Waals surface area contributed by atoms with Crippen LogP contribution in [0, 0.1) is 0 Å². The van der Waals surface area contributed by atoms with Gasteiger partial charge in [-0.3, -0.25) is 0 Å². The third kappa shape index (κ3) is 2.37. The van der Waals surface area contributed by atoms with Crippen LogP contribution in [-0.2, 0) is 0 Å². The minimum Gasteiger partial charge on any atom is -0.375 e. The Hall–Kier alpha value is -0.643. The van der Waals surface area contributed by atoms with Crippen LogP contribution in [0.4, 0.5) is 0 Å². The van der Waals surface area contributed by atoms with Crippen molar-refractivity contribution in [2.75, 3.05) is 0 Å². The van der Waals surface area contributed by atoms with Crippen molar-refractivity contribution in [2.24, 2.45) is 5.73 Å². The lowest BCUT2D eigenvalue weighted by Crippen LogP contribution is -2.51. The van der Waals surface area contributed by atoms with Crippen molar-refractivity contribution in [1.29, 1.82) is 0 Å². The monoisotopic (exact) mass is 237 g/mol. The summed E-state index contributed by atoms with van der Waals surface area (Å²) in [5.74, 6) is 0. The fraction of sp³-hybridized carbons (Fsp3) is 0.538. The number of benzene rings is 1. The van der Waals surface area contributed by atoms with Gasteiger partial charge in [0.25, 0.3) is 0 Å². The molecule has 1 rings (SSSR count). The Kier molecular flexibility index (Phi) is 3.62. The van der Waals surface area contributed by atoms with Crippen LogP contribution in [0.3, 0.4) is 0 Å². The Morgan fingerprint density at radius 1 is 1.19 bits per heavy atom. The number of hydrogen-bond donors (Lipinski definition) is 2. The van der Waals surface area contributed by atoms with E-state index in [0.29, 0.717) is 0 Å². The molecule has 0 aliphatic carbocycles. The molecule has 0 fully saturated rings. The Bertz CT molecular complexity index is 366. The molecule has 1 aromatic rings. The highest BCUT2D eigenvalue weighted by Crippen LogP contribution is 2.36. The molecule has 3 heteroatoms. The Labute approximate surface area is 99.5 Å². The van der Waals surface area contributed by atoms with Gasteiger partial charge in [-0.1, -0.05) is 63.3 Å². The highest BCUT2D eigenvalue weighted by molar-refractivity contribution is 6.92. The SMILES string of the molecule is CC(C)(C)[Si](C)(C)c1ccccc1C(N)O. The van der Waals surface area contributed by atoms with Gasteiger partial charge in [-0.25, -0.2) is 0 Å². The molecule has 0 bridgehead atoms. The van der Waals surface area contributed by atoms with Crippen LogP contribution in [0.2, 0.25) is 18.1 Å². The molecule has 3 N–H and O–H groups in total. The molecule has 0 heterocycles. The largest absolute Gasteiger partial charge is 0.375 e. The van der Waals surface area contributed by atoms with E-state index in [4.69, 9.17) is 5.73 Å². The van der Waals surface area contributed by atoms with Crippen LogP contribution < -0.4 is 10.9 Å². The lowest BCUT2D eigenvalue weighted by Gasteiger charge is -2.39. The van der Waals surface area contributed by atoms with E-state index in [0.717, 1.165) is 5.56 Å². The summed E-state index contributed by atoms with van der Waals surface area (Å²) in [4.78, 5) is 0. The predicted octanol–water partition coefficient (Wildman–Crippen LogP) is 2.35. The van der Waals surface area contributed by atoms with Gasteiger partial charge in [0.1, 0.15) is 6.23 Å². The van der Waals surface area contributed by atoms with E-state index in [9.17, 15) is 5.11 Å². The second-order valence-electron chi connectivity index (χ2n) is 5.91. The van der Waals surface area contributed by atoms with Crippen LogP contribution in [0.5, 0.6) is 0 Å². The minimum atomic E-state index is -1.63. The maximum absolute atomic E-state index is 9.63. The molecule has 1 aromatic carbocycles. The second kappa shape index (κ2) is 4.32. The molecule has 0 saturated heterocycles. The highest BCUT2D eigenvalue weighted by atomic mass is 28.3. The molecule has 90 valence electrons. The number of nitrogens with two attached hydrogens (primary N) is 1. The van der Waals surface area contributed by atoms with Crippen molar-refractivity contribution >= 4 is 13.3 Å². The smallest absolute Gasteiger partial charge is 0.128 e. The van der Waals surface area contributed by atoms with Gasteiger partial charge in [0, 0.05) is 0 Å². The summed E-state index contributed by atoms with van der Waals surface area (Å²) in [6.45, 7) is 11.4. The van der Waals surface area contributed by atoms with Gasteiger partial charge in [-0.2, -0.15) is 0 Å². The van der Waals surface area contributed by atoms with Crippen molar-refractivity contribution in [1.82, 2.24) is 0 Å². The molecule has 16 heavy (non-hydrogen) atoms. The Balaban J connectivity index is 3.33. The van der Waals surface area contributed by atoms with Crippen molar-refractivity contribution in [2.45, 2.75) is 45.1 Å². The van der Waals surface area contributed by atoms with Gasteiger partial charge in [0.05, 0.1) is 8.07 Å². The van der Waals surface area contributed by atoms with E-state index in [1.54, 1.807) is 0 Å². The highest BCUT2D eigenvalue weighted by Gasteiger charge is 2.38. The first-order valence-corrected chi connectivity index (χ1v) is 8.71. The zero-order valence-electron chi connectivity index (χ0n) is 10.9. The fourth-order valence-electron chi connectivity index (χ4n) is 1.73. The molecule has 0 aliphatic rings. The van der Waals surface area contributed by atoms with E-state index in [2.05, 4.69) is 39.9 Å². The normalized spacial score (nSPS) is 14.9. The molecule has 0 spiro atoms. The summed E-state index contributed by atoms with van der Waals surface area (Å²) in [5.41, 5.74) is 6.52. The summed E-state index contributed by atoms with van der Waals surface area (Å²) in [5, 5.41) is 11.1. The van der Waals surface area contributed by atoms with Gasteiger partial charge >= 0.3 is 0 Å². The Morgan fingerprint density at radius 3 is 2.12 bits per heavy atom. The summed E-state index contributed by atoms with van der Waals surface area (Å²) in [7, 11) is -1.63. The van der Waals surface area contributed by atoms with Crippen LogP contribution >= 0.6 is 0 Å². The second-order valence-corrected chi connectivity index (χ2v) is 11.2. The summed E-state index contributed by atoms with van der Waals surface area (Å²) in [6, 6.07) is 8.01. The number of rotatable bonds is 2. The third-order valence-electron chi connectivity index (χ3n) is 3.83. The standard InChI is InChI=1S/C13H23NOSi/c1-13(2,3)16(4,5)11-9-7-6-8-10(11)12(14)15/h6-9,12,15H,14H2,1-5H3. The molecule has 0 amide bonds. The van der Waals surface area contributed by atoms with Gasteiger partial charge in [-0.05, 0) is 10.6 Å². The Morgan fingerprint density at radius 2 is 1.69 bits per heavy atom. The van der Waals surface area contributed by atoms with Crippen LogP contribution in [0.25, 0.3) is 0 Å². The van der Waals surface area contributed by atoms with Crippen molar-refractivity contribution in [3.63, 3.8) is 0 Å². The molecule has 2 nitrogen and oxygen atoms in total. The van der Waals surface area contributed by atoms with E-state index >= 15 is 0 Å². The van der Waals surface area contributed by atoms with Crippen molar-refractivity contribution in [3.05, 3.63) is 29.8 Å². The van der Waals surface area contributed by atoms with Crippen LogP contribution in [0.1, 0.15) is 32.6 Å². The number of aliphatic hydroxyl groups excluding tert-OH is 1. The van der Waals surface area contributed by atoms with Crippen molar-refractivity contribution < 1.29 is 5.11 Å². The zero-order chi connectivity index (χ0) is 12.6. The maximum atomic E-state index is 9.63. The summed E-state index contributed by atoms with van der Waals surface area (Å²) >= 11 is 0. The quantitative estimate of drug-likeness (QED) is 0.613. The maximum Gasteiger partial charge on any atom is 0.128 e. The molecule has 1 unspecified atom stereocenters. The van der Waals surface area contributed by atoms with Gasteiger partial charge in [0.15, 0.2) is 0 Å². The predicted molar refractivity (Wildman–Crippen MR) is 72.4 cm³/mol. The zero-order valence-corrected chi connectivity index (χ0v) is 11.9. The van der Waals surface area contributed by atoms with E-state index < -0.39 is 14.3 Å². The minimum absolute atomic E-state index is 0.248. The van der Waals surface area contributed by atoms with Crippen LogP contribution in [0.15, 0.2) is 24.3 Å². The topological polar surface area (TPSA) is 46.2 Å². The number of hydrogen-bond acceptors (Lipinski definition) is 2. The lowest BCUT2D eigenvalue weighted by molar-refractivity contribution is 0.187. The van der Waals surface area contributed by atoms with E-state index in [1.165, 1.54) is 5.19 Å². The lowest BCUT2D eigenvalue weighted by atomic mass is 10.2. The molecule has 0 radical (unpaired) electrons. The first-order valence-electron chi connectivity index (χ1n) is 5.71. The first kappa shape index (κ1) is 13.4. The van der Waals surface area contributed by atoms with Gasteiger partial charge < -0.3 is 10.8 Å². The molecule has 0 aliphatic heterocycles. The fourth-order valence-corrected chi connectivity index (χ4v) is 4.00. The van der Waals surface area contributed by atoms with Gasteiger partial charge in [-0.15, -0.1) is 0 Å². The molecule has 0 saturated carbocycles. The molecule has 1 atom stereocenters. The van der Waals surface area contributed by atoms with Crippen LogP contribution in [-0.4, -0.2) is 13.2 Å². The number of aliphatic hydroxyl groups is 1. The summed E-state index contributed by atoms with van der Waals surface area (Å²) in [6.07, 6.45) is -0.870. The average molecular weight is 237 g/mol. The first-order chi connectivity index (χ1) is 7.18. The molecular formula is C13H23NOSi.